The van der Waals surface area contributed by atoms with Crippen molar-refractivity contribution in [2.45, 2.75) is 6.42 Å². The lowest BCUT2D eigenvalue weighted by Crippen LogP contribution is -2.40. The van der Waals surface area contributed by atoms with Crippen molar-refractivity contribution < 1.29 is 9.53 Å². The Morgan fingerprint density at radius 1 is 1.00 bits per heavy atom. The Labute approximate surface area is 129 Å². The second-order valence-electron chi connectivity index (χ2n) is 4.64. The number of carbonyl (C=O) groups excluding carboxylic acids is 1. The van der Waals surface area contributed by atoms with Gasteiger partial charge >= 0.3 is 0 Å². The van der Waals surface area contributed by atoms with E-state index in [0.29, 0.717) is 18.7 Å². The second-order valence-corrected chi connectivity index (χ2v) is 4.64. The minimum Gasteiger partial charge on any atom is -0.494 e. The van der Waals surface area contributed by atoms with Crippen molar-refractivity contribution in [2.75, 3.05) is 13.2 Å². The van der Waals surface area contributed by atoms with E-state index in [0.717, 1.165) is 12.2 Å². The van der Waals surface area contributed by atoms with E-state index in [1.54, 1.807) is 24.3 Å². The molecule has 0 fully saturated rings. The minimum absolute atomic E-state index is 0.00596. The summed E-state index contributed by atoms with van der Waals surface area (Å²) in [6.45, 7) is 1.11. The predicted octanol–water partition coefficient (Wildman–Crippen LogP) is 2.41. The molecule has 0 heterocycles. The quantitative estimate of drug-likeness (QED) is 0.435. The van der Waals surface area contributed by atoms with E-state index in [2.05, 4.69) is 10.6 Å². The van der Waals surface area contributed by atoms with E-state index in [1.165, 1.54) is 0 Å². The number of ether oxygens (including phenoxy) is 1. The molecule has 0 atom stereocenters. The summed E-state index contributed by atoms with van der Waals surface area (Å²) in [7, 11) is 0. The molecular weight excluding hydrogens is 278 g/mol. The fraction of sp³-hybridized carbons (Fsp3) is 0.176. The number of amides is 1. The van der Waals surface area contributed by atoms with Crippen molar-refractivity contribution in [3.63, 3.8) is 0 Å². The average molecular weight is 297 g/mol. The summed E-state index contributed by atoms with van der Waals surface area (Å²) in [6, 6.07) is 18.4. The SMILES string of the molecule is N=C(NCCCOc1ccccc1)NC(=O)c1ccccc1. The van der Waals surface area contributed by atoms with Crippen LogP contribution in [0.3, 0.4) is 0 Å². The van der Waals surface area contributed by atoms with Crippen molar-refractivity contribution >= 4 is 11.9 Å². The van der Waals surface area contributed by atoms with E-state index >= 15 is 0 Å². The van der Waals surface area contributed by atoms with Crippen LogP contribution in [-0.4, -0.2) is 25.0 Å². The lowest BCUT2D eigenvalue weighted by molar-refractivity contribution is 0.0975. The Morgan fingerprint density at radius 3 is 2.32 bits per heavy atom. The van der Waals surface area contributed by atoms with Crippen LogP contribution in [0, 0.1) is 5.41 Å². The molecule has 0 saturated carbocycles. The highest BCUT2D eigenvalue weighted by Gasteiger charge is 2.06. The molecule has 0 unspecified atom stereocenters. The Kier molecular flexibility index (Phi) is 5.99. The molecule has 5 heteroatoms. The first kappa shape index (κ1) is 15.6. The number of hydrogen-bond donors (Lipinski definition) is 3. The van der Waals surface area contributed by atoms with E-state index in [1.807, 2.05) is 36.4 Å². The molecule has 2 rings (SSSR count). The summed E-state index contributed by atoms with van der Waals surface area (Å²) in [5, 5.41) is 13.0. The van der Waals surface area contributed by atoms with Gasteiger partial charge in [-0.1, -0.05) is 36.4 Å². The molecule has 0 aliphatic heterocycles. The maximum absolute atomic E-state index is 11.8. The van der Waals surface area contributed by atoms with Gasteiger partial charge in [0.05, 0.1) is 6.61 Å². The van der Waals surface area contributed by atoms with Gasteiger partial charge in [-0.15, -0.1) is 0 Å². The highest BCUT2D eigenvalue weighted by Crippen LogP contribution is 2.07. The van der Waals surface area contributed by atoms with Crippen LogP contribution in [0.4, 0.5) is 0 Å². The van der Waals surface area contributed by atoms with Crippen LogP contribution >= 0.6 is 0 Å². The Balaban J connectivity index is 1.61. The number of rotatable bonds is 6. The van der Waals surface area contributed by atoms with Crippen molar-refractivity contribution in [3.05, 3.63) is 66.2 Å². The lowest BCUT2D eigenvalue weighted by Gasteiger charge is -2.10. The van der Waals surface area contributed by atoms with Gasteiger partial charge in [-0.05, 0) is 30.7 Å². The van der Waals surface area contributed by atoms with Gasteiger partial charge in [0.15, 0.2) is 5.96 Å². The van der Waals surface area contributed by atoms with E-state index < -0.39 is 0 Å². The minimum atomic E-state index is -0.293. The largest absolute Gasteiger partial charge is 0.494 e. The molecule has 0 radical (unpaired) electrons. The Hall–Kier alpha value is -2.82. The summed E-state index contributed by atoms with van der Waals surface area (Å²) in [4.78, 5) is 11.8. The normalized spacial score (nSPS) is 9.82. The van der Waals surface area contributed by atoms with Crippen LogP contribution in [0.1, 0.15) is 16.8 Å². The van der Waals surface area contributed by atoms with Gasteiger partial charge in [-0.2, -0.15) is 0 Å². The van der Waals surface area contributed by atoms with Crippen LogP contribution in [0.15, 0.2) is 60.7 Å². The zero-order valence-electron chi connectivity index (χ0n) is 12.2. The second kappa shape index (κ2) is 8.46. The summed E-state index contributed by atoms with van der Waals surface area (Å²) >= 11 is 0. The smallest absolute Gasteiger partial charge is 0.257 e. The van der Waals surface area contributed by atoms with Gasteiger partial charge < -0.3 is 10.1 Å². The van der Waals surface area contributed by atoms with Gasteiger partial charge in [0.25, 0.3) is 5.91 Å². The van der Waals surface area contributed by atoms with Crippen LogP contribution in [0.25, 0.3) is 0 Å². The first-order chi connectivity index (χ1) is 10.8. The molecule has 114 valence electrons. The molecule has 0 aliphatic rings. The first-order valence-electron chi connectivity index (χ1n) is 7.12. The number of benzene rings is 2. The summed E-state index contributed by atoms with van der Waals surface area (Å²) in [5.41, 5.74) is 0.529. The highest BCUT2D eigenvalue weighted by atomic mass is 16.5. The van der Waals surface area contributed by atoms with Gasteiger partial charge in [-0.25, -0.2) is 0 Å². The van der Waals surface area contributed by atoms with Crippen LogP contribution in [-0.2, 0) is 0 Å². The zero-order valence-corrected chi connectivity index (χ0v) is 12.2. The van der Waals surface area contributed by atoms with E-state index in [9.17, 15) is 4.79 Å². The average Bonchev–Trinajstić information content (AvgIpc) is 2.56. The fourth-order valence-corrected chi connectivity index (χ4v) is 1.81. The fourth-order valence-electron chi connectivity index (χ4n) is 1.81. The molecule has 0 bridgehead atoms. The van der Waals surface area contributed by atoms with Crippen molar-refractivity contribution in [1.29, 1.82) is 5.41 Å². The molecule has 2 aromatic carbocycles. The third-order valence-corrected chi connectivity index (χ3v) is 2.91. The summed E-state index contributed by atoms with van der Waals surface area (Å²) < 4.78 is 5.54. The maximum atomic E-state index is 11.8. The van der Waals surface area contributed by atoms with Gasteiger partial charge in [0, 0.05) is 12.1 Å². The van der Waals surface area contributed by atoms with Crippen molar-refractivity contribution in [2.24, 2.45) is 0 Å². The molecule has 2 aromatic rings. The van der Waals surface area contributed by atoms with E-state index in [4.69, 9.17) is 10.1 Å². The van der Waals surface area contributed by atoms with E-state index in [-0.39, 0.29) is 11.9 Å². The molecule has 3 N–H and O–H groups in total. The lowest BCUT2D eigenvalue weighted by atomic mass is 10.2. The molecule has 0 spiro atoms. The molecule has 0 aliphatic carbocycles. The number of guanidine groups is 1. The Morgan fingerprint density at radius 2 is 1.64 bits per heavy atom. The molecule has 0 saturated heterocycles. The Bertz CT molecular complexity index is 600. The monoisotopic (exact) mass is 297 g/mol. The third kappa shape index (κ3) is 5.28. The maximum Gasteiger partial charge on any atom is 0.257 e. The molecule has 0 aromatic heterocycles. The zero-order chi connectivity index (χ0) is 15.6. The molecule has 5 nitrogen and oxygen atoms in total. The molecule has 22 heavy (non-hydrogen) atoms. The highest BCUT2D eigenvalue weighted by molar-refractivity contribution is 6.04. The number of para-hydroxylation sites is 1. The summed E-state index contributed by atoms with van der Waals surface area (Å²) in [6.07, 6.45) is 0.735. The van der Waals surface area contributed by atoms with Crippen LogP contribution in [0.5, 0.6) is 5.75 Å². The number of hydrogen-bond acceptors (Lipinski definition) is 3. The van der Waals surface area contributed by atoms with Gasteiger partial charge in [0.1, 0.15) is 5.75 Å². The number of carbonyl (C=O) groups is 1. The standard InChI is InChI=1S/C17H19N3O2/c18-17(20-16(21)14-8-3-1-4-9-14)19-12-7-13-22-15-10-5-2-6-11-15/h1-6,8-11H,7,12-13H2,(H3,18,19,20,21). The molecular formula is C17H19N3O2. The first-order valence-corrected chi connectivity index (χ1v) is 7.12. The number of nitrogens with one attached hydrogen (secondary N) is 3. The van der Waals surface area contributed by atoms with Crippen LogP contribution < -0.4 is 15.4 Å². The third-order valence-electron chi connectivity index (χ3n) is 2.91. The van der Waals surface area contributed by atoms with Crippen molar-refractivity contribution in [3.8, 4) is 5.75 Å². The van der Waals surface area contributed by atoms with Gasteiger partial charge in [0.2, 0.25) is 0 Å². The predicted molar refractivity (Wildman–Crippen MR) is 86.2 cm³/mol. The summed E-state index contributed by atoms with van der Waals surface area (Å²) in [5.74, 6) is 0.530. The van der Waals surface area contributed by atoms with Gasteiger partial charge in [-0.3, -0.25) is 15.5 Å². The van der Waals surface area contributed by atoms with Crippen LogP contribution in [0.2, 0.25) is 0 Å². The molecule has 1 amide bonds. The van der Waals surface area contributed by atoms with Crippen molar-refractivity contribution in [1.82, 2.24) is 10.6 Å². The topological polar surface area (TPSA) is 74.2 Å².